The van der Waals surface area contributed by atoms with Crippen LogP contribution >= 0.6 is 15.9 Å². The maximum Gasteiger partial charge on any atom is 0.137 e. The topological polar surface area (TPSA) is 21.3 Å². The molecule has 1 aliphatic carbocycles. The van der Waals surface area contributed by atoms with E-state index >= 15 is 0 Å². The maximum atomic E-state index is 13.6. The molecular weight excluding hydrogens is 309 g/mol. The molecule has 0 spiro atoms. The normalized spacial score (nSPS) is 23.4. The van der Waals surface area contributed by atoms with Crippen LogP contribution in [0.5, 0.6) is 5.75 Å². The van der Waals surface area contributed by atoms with Gasteiger partial charge in [0.05, 0.1) is 10.6 Å². The molecule has 0 radical (unpaired) electrons. The van der Waals surface area contributed by atoms with Crippen LogP contribution in [0.4, 0.5) is 4.39 Å². The van der Waals surface area contributed by atoms with E-state index in [2.05, 4.69) is 21.2 Å². The van der Waals surface area contributed by atoms with Crippen molar-refractivity contribution in [2.45, 2.75) is 50.7 Å². The van der Waals surface area contributed by atoms with Crippen molar-refractivity contribution in [3.8, 4) is 5.75 Å². The molecule has 1 aromatic rings. The van der Waals surface area contributed by atoms with E-state index in [1.807, 2.05) is 0 Å². The minimum atomic E-state index is -0.194. The van der Waals surface area contributed by atoms with Crippen molar-refractivity contribution in [2.75, 3.05) is 6.54 Å². The molecule has 2 aliphatic rings. The number of hydrogen-bond acceptors (Lipinski definition) is 2. The van der Waals surface area contributed by atoms with E-state index in [-0.39, 0.29) is 5.82 Å². The Morgan fingerprint density at radius 1 is 1.26 bits per heavy atom. The summed E-state index contributed by atoms with van der Waals surface area (Å²) in [6.45, 7) is 1.07. The quantitative estimate of drug-likeness (QED) is 0.907. The predicted octanol–water partition coefficient (Wildman–Crippen LogP) is 3.81. The van der Waals surface area contributed by atoms with Crippen molar-refractivity contribution in [2.24, 2.45) is 0 Å². The Balaban J connectivity index is 1.81. The predicted molar refractivity (Wildman–Crippen MR) is 77.1 cm³/mol. The van der Waals surface area contributed by atoms with Crippen molar-refractivity contribution in [1.82, 2.24) is 5.32 Å². The third-order valence-corrected chi connectivity index (χ3v) is 4.64. The van der Waals surface area contributed by atoms with Gasteiger partial charge in [0.2, 0.25) is 0 Å². The lowest BCUT2D eigenvalue weighted by molar-refractivity contribution is 0.118. The Morgan fingerprint density at radius 3 is 2.74 bits per heavy atom. The van der Waals surface area contributed by atoms with Crippen LogP contribution in [-0.4, -0.2) is 18.7 Å². The van der Waals surface area contributed by atoms with Gasteiger partial charge in [0, 0.05) is 6.04 Å². The first-order chi connectivity index (χ1) is 9.22. The van der Waals surface area contributed by atoms with Crippen LogP contribution < -0.4 is 10.1 Å². The first kappa shape index (κ1) is 13.4. The number of hydrogen-bond donors (Lipinski definition) is 1. The molecule has 1 aliphatic heterocycles. The van der Waals surface area contributed by atoms with Gasteiger partial charge >= 0.3 is 0 Å². The highest BCUT2D eigenvalue weighted by Crippen LogP contribution is 2.35. The standard InChI is InChI=1S/C15H19BrFNO/c16-14-9-11(17)7-10(8-12-3-2-6-18-12)15(14)19-13-4-1-5-13/h7,9,12-13,18H,1-6,8H2. The minimum absolute atomic E-state index is 0.194. The van der Waals surface area contributed by atoms with Crippen molar-refractivity contribution in [3.63, 3.8) is 0 Å². The molecule has 1 aromatic carbocycles. The number of benzene rings is 1. The average Bonchev–Trinajstić information content (AvgIpc) is 2.78. The second kappa shape index (κ2) is 5.80. The molecule has 2 nitrogen and oxygen atoms in total. The second-order valence-electron chi connectivity index (χ2n) is 5.54. The van der Waals surface area contributed by atoms with Crippen molar-refractivity contribution in [1.29, 1.82) is 0 Å². The number of nitrogens with one attached hydrogen (secondary N) is 1. The summed E-state index contributed by atoms with van der Waals surface area (Å²) < 4.78 is 20.4. The van der Waals surface area contributed by atoms with Crippen LogP contribution in [0, 0.1) is 5.82 Å². The van der Waals surface area contributed by atoms with Crippen LogP contribution in [0.2, 0.25) is 0 Å². The van der Waals surface area contributed by atoms with E-state index in [0.717, 1.165) is 48.0 Å². The van der Waals surface area contributed by atoms with Gasteiger partial charge in [-0.3, -0.25) is 0 Å². The molecule has 19 heavy (non-hydrogen) atoms. The van der Waals surface area contributed by atoms with E-state index in [9.17, 15) is 4.39 Å². The van der Waals surface area contributed by atoms with E-state index in [0.29, 0.717) is 12.1 Å². The molecule has 0 aromatic heterocycles. The fourth-order valence-corrected chi connectivity index (χ4v) is 3.32. The Labute approximate surface area is 121 Å². The van der Waals surface area contributed by atoms with Gasteiger partial charge in [-0.1, -0.05) is 0 Å². The average molecular weight is 328 g/mol. The first-order valence-corrected chi connectivity index (χ1v) is 7.89. The third-order valence-electron chi connectivity index (χ3n) is 4.05. The van der Waals surface area contributed by atoms with Crippen LogP contribution in [0.1, 0.15) is 37.7 Å². The zero-order valence-electron chi connectivity index (χ0n) is 10.9. The van der Waals surface area contributed by atoms with Gasteiger partial charge in [0.1, 0.15) is 11.6 Å². The minimum Gasteiger partial charge on any atom is -0.489 e. The zero-order chi connectivity index (χ0) is 13.2. The first-order valence-electron chi connectivity index (χ1n) is 7.10. The lowest BCUT2D eigenvalue weighted by Gasteiger charge is -2.28. The SMILES string of the molecule is Fc1cc(Br)c(OC2CCC2)c(CC2CCCN2)c1. The lowest BCUT2D eigenvalue weighted by atomic mass is 9.96. The molecule has 1 unspecified atom stereocenters. The van der Waals surface area contributed by atoms with Gasteiger partial charge in [0.25, 0.3) is 0 Å². The summed E-state index contributed by atoms with van der Waals surface area (Å²) in [5, 5.41) is 3.46. The molecule has 1 N–H and O–H groups in total. The second-order valence-corrected chi connectivity index (χ2v) is 6.40. The number of rotatable bonds is 4. The fraction of sp³-hybridized carbons (Fsp3) is 0.600. The molecule has 3 rings (SSSR count). The van der Waals surface area contributed by atoms with Gasteiger partial charge in [-0.05, 0) is 78.7 Å². The van der Waals surface area contributed by atoms with Crippen molar-refractivity contribution < 1.29 is 9.13 Å². The largest absolute Gasteiger partial charge is 0.489 e. The zero-order valence-corrected chi connectivity index (χ0v) is 12.5. The van der Waals surface area contributed by atoms with Gasteiger partial charge in [-0.25, -0.2) is 4.39 Å². The number of halogens is 2. The summed E-state index contributed by atoms with van der Waals surface area (Å²) in [5.41, 5.74) is 0.984. The Hall–Kier alpha value is -0.610. The highest BCUT2D eigenvalue weighted by atomic mass is 79.9. The highest BCUT2D eigenvalue weighted by Gasteiger charge is 2.24. The Bertz CT molecular complexity index is 456. The van der Waals surface area contributed by atoms with Gasteiger partial charge in [-0.2, -0.15) is 0 Å². The molecule has 0 bridgehead atoms. The molecule has 0 amide bonds. The van der Waals surface area contributed by atoms with Crippen LogP contribution in [0.25, 0.3) is 0 Å². The van der Waals surface area contributed by atoms with Gasteiger partial charge < -0.3 is 10.1 Å². The smallest absolute Gasteiger partial charge is 0.137 e. The Morgan fingerprint density at radius 2 is 2.11 bits per heavy atom. The molecular formula is C15H19BrFNO. The monoisotopic (exact) mass is 327 g/mol. The molecule has 1 saturated heterocycles. The van der Waals surface area contributed by atoms with Crippen LogP contribution in [0.3, 0.4) is 0 Å². The summed E-state index contributed by atoms with van der Waals surface area (Å²) in [4.78, 5) is 0. The van der Waals surface area contributed by atoms with E-state index in [1.54, 1.807) is 6.07 Å². The molecule has 2 fully saturated rings. The molecule has 1 saturated carbocycles. The Kier molecular flexibility index (Phi) is 4.08. The lowest BCUT2D eigenvalue weighted by Crippen LogP contribution is -2.27. The van der Waals surface area contributed by atoms with Gasteiger partial charge in [-0.15, -0.1) is 0 Å². The summed E-state index contributed by atoms with van der Waals surface area (Å²) in [5.74, 6) is 0.653. The third kappa shape index (κ3) is 3.11. The summed E-state index contributed by atoms with van der Waals surface area (Å²) >= 11 is 3.44. The molecule has 4 heteroatoms. The van der Waals surface area contributed by atoms with Gasteiger partial charge in [0.15, 0.2) is 0 Å². The van der Waals surface area contributed by atoms with Crippen LogP contribution in [-0.2, 0) is 6.42 Å². The molecule has 1 atom stereocenters. The van der Waals surface area contributed by atoms with E-state index in [1.165, 1.54) is 18.9 Å². The summed E-state index contributed by atoms with van der Waals surface area (Å²) in [6, 6.07) is 3.58. The fourth-order valence-electron chi connectivity index (χ4n) is 2.75. The van der Waals surface area contributed by atoms with E-state index in [4.69, 9.17) is 4.74 Å². The molecule has 104 valence electrons. The number of ether oxygens (including phenoxy) is 1. The van der Waals surface area contributed by atoms with Crippen molar-refractivity contribution in [3.05, 3.63) is 28.0 Å². The highest BCUT2D eigenvalue weighted by molar-refractivity contribution is 9.10. The maximum absolute atomic E-state index is 13.6. The summed E-state index contributed by atoms with van der Waals surface area (Å²) in [6.07, 6.45) is 7.01. The summed E-state index contributed by atoms with van der Waals surface area (Å²) in [7, 11) is 0. The van der Waals surface area contributed by atoms with Crippen LogP contribution in [0.15, 0.2) is 16.6 Å². The van der Waals surface area contributed by atoms with E-state index < -0.39 is 0 Å². The molecule has 1 heterocycles. The van der Waals surface area contributed by atoms with Crippen molar-refractivity contribution >= 4 is 15.9 Å².